The molecule has 0 bridgehead atoms. The van der Waals surface area contributed by atoms with Gasteiger partial charge in [0.15, 0.2) is 6.29 Å². The zero-order valence-electron chi connectivity index (χ0n) is 12.4. The maximum absolute atomic E-state index is 10.2. The zero-order chi connectivity index (χ0) is 14.1. The smallest absolute Gasteiger partial charge is 0.158 e. The van der Waals surface area contributed by atoms with Crippen molar-refractivity contribution >= 4 is 0 Å². The van der Waals surface area contributed by atoms with Crippen molar-refractivity contribution in [3.05, 3.63) is 0 Å². The van der Waals surface area contributed by atoms with Crippen LogP contribution in [0.1, 0.15) is 58.3 Å². The summed E-state index contributed by atoms with van der Waals surface area (Å²) < 4.78 is 10.7. The fourth-order valence-corrected chi connectivity index (χ4v) is 2.81. The minimum absolute atomic E-state index is 0.00518. The summed E-state index contributed by atoms with van der Waals surface area (Å²) in [6.45, 7) is 2.17. The van der Waals surface area contributed by atoms with Crippen LogP contribution in [-0.4, -0.2) is 42.4 Å². The SMILES string of the molecule is CCCCCCCC[C@H](O)[C@@H]1C[C@@H](OC)O[C@@H]1CO. The highest BCUT2D eigenvalue weighted by atomic mass is 16.7. The van der Waals surface area contributed by atoms with E-state index in [4.69, 9.17) is 9.47 Å². The van der Waals surface area contributed by atoms with Crippen LogP contribution < -0.4 is 0 Å². The van der Waals surface area contributed by atoms with Gasteiger partial charge in [-0.15, -0.1) is 0 Å². The van der Waals surface area contributed by atoms with Crippen molar-refractivity contribution in [2.45, 2.75) is 76.8 Å². The van der Waals surface area contributed by atoms with Crippen molar-refractivity contribution < 1.29 is 19.7 Å². The summed E-state index contributed by atoms with van der Waals surface area (Å²) in [5, 5.41) is 19.5. The molecule has 1 saturated heterocycles. The van der Waals surface area contributed by atoms with E-state index in [1.807, 2.05) is 0 Å². The Morgan fingerprint density at radius 3 is 2.53 bits per heavy atom. The Kier molecular flexibility index (Phi) is 8.62. The normalized spacial score (nSPS) is 28.7. The Morgan fingerprint density at radius 2 is 1.89 bits per heavy atom. The molecule has 4 atom stereocenters. The molecular formula is C15H30O4. The van der Waals surface area contributed by atoms with Crippen LogP contribution in [0, 0.1) is 5.92 Å². The quantitative estimate of drug-likeness (QED) is 0.601. The molecule has 1 rings (SSSR count). The minimum Gasteiger partial charge on any atom is -0.394 e. The van der Waals surface area contributed by atoms with Crippen LogP contribution in [0.2, 0.25) is 0 Å². The lowest BCUT2D eigenvalue weighted by Crippen LogP contribution is -2.30. The Bertz CT molecular complexity index is 222. The Labute approximate surface area is 117 Å². The van der Waals surface area contributed by atoms with Gasteiger partial charge in [-0.1, -0.05) is 45.4 Å². The van der Waals surface area contributed by atoms with E-state index < -0.39 is 0 Å². The fraction of sp³-hybridized carbons (Fsp3) is 1.00. The van der Waals surface area contributed by atoms with Gasteiger partial charge in [0.1, 0.15) is 0 Å². The molecule has 1 heterocycles. The highest BCUT2D eigenvalue weighted by Crippen LogP contribution is 2.31. The summed E-state index contributed by atoms with van der Waals surface area (Å²) in [6, 6.07) is 0. The lowest BCUT2D eigenvalue weighted by atomic mass is 9.91. The summed E-state index contributed by atoms with van der Waals surface area (Å²) in [7, 11) is 1.60. The summed E-state index contributed by atoms with van der Waals surface area (Å²) in [5.74, 6) is 0.00518. The van der Waals surface area contributed by atoms with Crippen LogP contribution >= 0.6 is 0 Å². The van der Waals surface area contributed by atoms with Gasteiger partial charge in [-0.2, -0.15) is 0 Å². The first-order valence-corrected chi connectivity index (χ1v) is 7.70. The van der Waals surface area contributed by atoms with E-state index in [2.05, 4.69) is 6.92 Å². The lowest BCUT2D eigenvalue weighted by Gasteiger charge is -2.21. The highest BCUT2D eigenvalue weighted by Gasteiger charge is 2.38. The van der Waals surface area contributed by atoms with E-state index >= 15 is 0 Å². The van der Waals surface area contributed by atoms with Crippen molar-refractivity contribution in [1.82, 2.24) is 0 Å². The summed E-state index contributed by atoms with van der Waals surface area (Å²) >= 11 is 0. The number of rotatable bonds is 10. The minimum atomic E-state index is -0.386. The number of aliphatic hydroxyl groups is 2. The first kappa shape index (κ1) is 16.9. The maximum atomic E-state index is 10.2. The third-order valence-electron chi connectivity index (χ3n) is 4.06. The van der Waals surface area contributed by atoms with Crippen molar-refractivity contribution in [3.63, 3.8) is 0 Å². The largest absolute Gasteiger partial charge is 0.394 e. The average Bonchev–Trinajstić information content (AvgIpc) is 2.86. The summed E-state index contributed by atoms with van der Waals surface area (Å²) in [5.41, 5.74) is 0. The second-order valence-corrected chi connectivity index (χ2v) is 5.55. The van der Waals surface area contributed by atoms with Crippen LogP contribution in [0.3, 0.4) is 0 Å². The standard InChI is InChI=1S/C15H30O4/c1-3-4-5-6-7-8-9-13(17)12-10-15(18-2)19-14(12)11-16/h12-17H,3-11H2,1-2H3/t12-,13-,14+,15-/m0/s1. The van der Waals surface area contributed by atoms with Crippen LogP contribution in [-0.2, 0) is 9.47 Å². The molecule has 0 unspecified atom stereocenters. The van der Waals surface area contributed by atoms with E-state index in [0.717, 1.165) is 12.8 Å². The predicted octanol–water partition coefficient (Wildman–Crippen LogP) is 2.47. The summed E-state index contributed by atoms with van der Waals surface area (Å²) in [4.78, 5) is 0. The molecule has 4 nitrogen and oxygen atoms in total. The molecule has 0 amide bonds. The first-order chi connectivity index (χ1) is 9.22. The van der Waals surface area contributed by atoms with Crippen LogP contribution in [0.5, 0.6) is 0 Å². The van der Waals surface area contributed by atoms with Gasteiger partial charge in [-0.05, 0) is 6.42 Å². The highest BCUT2D eigenvalue weighted by molar-refractivity contribution is 4.83. The van der Waals surface area contributed by atoms with Crippen molar-refractivity contribution in [2.24, 2.45) is 5.92 Å². The average molecular weight is 274 g/mol. The molecule has 114 valence electrons. The topological polar surface area (TPSA) is 58.9 Å². The summed E-state index contributed by atoms with van der Waals surface area (Å²) in [6.07, 6.45) is 7.89. The third kappa shape index (κ3) is 5.78. The van der Waals surface area contributed by atoms with E-state index in [1.165, 1.54) is 32.1 Å². The second-order valence-electron chi connectivity index (χ2n) is 5.55. The van der Waals surface area contributed by atoms with Gasteiger partial charge in [0.25, 0.3) is 0 Å². The van der Waals surface area contributed by atoms with Gasteiger partial charge in [0, 0.05) is 19.4 Å². The van der Waals surface area contributed by atoms with Crippen LogP contribution in [0.25, 0.3) is 0 Å². The molecule has 0 radical (unpaired) electrons. The first-order valence-electron chi connectivity index (χ1n) is 7.70. The van der Waals surface area contributed by atoms with E-state index in [-0.39, 0.29) is 31.0 Å². The molecule has 0 aromatic rings. The van der Waals surface area contributed by atoms with Gasteiger partial charge in [-0.25, -0.2) is 0 Å². The molecule has 0 aliphatic carbocycles. The number of aliphatic hydroxyl groups excluding tert-OH is 2. The maximum Gasteiger partial charge on any atom is 0.158 e. The third-order valence-corrected chi connectivity index (χ3v) is 4.06. The lowest BCUT2D eigenvalue weighted by molar-refractivity contribution is -0.126. The van der Waals surface area contributed by atoms with Gasteiger partial charge in [0.2, 0.25) is 0 Å². The van der Waals surface area contributed by atoms with Gasteiger partial charge in [0.05, 0.1) is 18.8 Å². The zero-order valence-corrected chi connectivity index (χ0v) is 12.4. The fourth-order valence-electron chi connectivity index (χ4n) is 2.81. The van der Waals surface area contributed by atoms with E-state index in [9.17, 15) is 10.2 Å². The number of hydrogen-bond donors (Lipinski definition) is 2. The van der Waals surface area contributed by atoms with Gasteiger partial charge >= 0.3 is 0 Å². The molecule has 1 aliphatic rings. The molecule has 0 spiro atoms. The Morgan fingerprint density at radius 1 is 1.21 bits per heavy atom. The van der Waals surface area contributed by atoms with Crippen LogP contribution in [0.4, 0.5) is 0 Å². The number of hydrogen-bond acceptors (Lipinski definition) is 4. The van der Waals surface area contributed by atoms with Crippen molar-refractivity contribution in [2.75, 3.05) is 13.7 Å². The number of unbranched alkanes of at least 4 members (excludes halogenated alkanes) is 5. The molecule has 0 saturated carbocycles. The van der Waals surface area contributed by atoms with Gasteiger partial charge < -0.3 is 19.7 Å². The Hall–Kier alpha value is -0.160. The molecule has 2 N–H and O–H groups in total. The predicted molar refractivity (Wildman–Crippen MR) is 74.9 cm³/mol. The number of methoxy groups -OCH3 is 1. The molecule has 0 aromatic carbocycles. The molecule has 1 aliphatic heterocycles. The van der Waals surface area contributed by atoms with Crippen molar-refractivity contribution in [3.8, 4) is 0 Å². The Balaban J connectivity index is 2.19. The van der Waals surface area contributed by atoms with Crippen molar-refractivity contribution in [1.29, 1.82) is 0 Å². The van der Waals surface area contributed by atoms with E-state index in [1.54, 1.807) is 7.11 Å². The molecule has 1 fully saturated rings. The van der Waals surface area contributed by atoms with Crippen LogP contribution in [0.15, 0.2) is 0 Å². The monoisotopic (exact) mass is 274 g/mol. The second kappa shape index (κ2) is 9.70. The molecule has 0 aromatic heterocycles. The van der Waals surface area contributed by atoms with Gasteiger partial charge in [-0.3, -0.25) is 0 Å². The molecular weight excluding hydrogens is 244 g/mol. The molecule has 4 heteroatoms. The van der Waals surface area contributed by atoms with E-state index in [0.29, 0.717) is 6.42 Å². The number of ether oxygens (including phenoxy) is 2. The molecule has 19 heavy (non-hydrogen) atoms.